The highest BCUT2D eigenvalue weighted by Crippen LogP contribution is 2.01. The number of aliphatic carboxylic acids is 1. The molecule has 0 aromatic rings. The van der Waals surface area contributed by atoms with Gasteiger partial charge in [0.25, 0.3) is 0 Å². The predicted molar refractivity (Wildman–Crippen MR) is 66.9 cm³/mol. The summed E-state index contributed by atoms with van der Waals surface area (Å²) in [4.78, 5) is 33.9. The number of rotatable bonds is 7. The summed E-state index contributed by atoms with van der Waals surface area (Å²) in [6.45, 7) is 7.03. The Bertz CT molecular complexity index is 313. The third-order valence-corrected chi connectivity index (χ3v) is 2.24. The largest absolute Gasteiger partial charge is 0.481 e. The number of carbonyl (C=O) groups excluding carboxylic acids is 2. The van der Waals surface area contributed by atoms with Gasteiger partial charge >= 0.3 is 5.97 Å². The van der Waals surface area contributed by atoms with E-state index in [1.165, 1.54) is 0 Å². The normalized spacial score (nSPS) is 12.3. The summed E-state index contributed by atoms with van der Waals surface area (Å²) in [6, 6.07) is -0.848. The summed E-state index contributed by atoms with van der Waals surface area (Å²) in [7, 11) is 0. The molecular weight excluding hydrogens is 236 g/mol. The first-order chi connectivity index (χ1) is 8.23. The van der Waals surface area contributed by atoms with Crippen LogP contribution < -0.4 is 10.6 Å². The molecule has 0 aromatic heterocycles. The highest BCUT2D eigenvalue weighted by atomic mass is 16.4. The summed E-state index contributed by atoms with van der Waals surface area (Å²) in [5.74, 6) is -1.84. The van der Waals surface area contributed by atoms with Gasteiger partial charge in [-0.25, -0.2) is 0 Å². The minimum Gasteiger partial charge on any atom is -0.481 e. The molecule has 0 saturated carbocycles. The summed E-state index contributed by atoms with van der Waals surface area (Å²) in [5, 5.41) is 13.9. The maximum Gasteiger partial charge on any atom is 0.303 e. The molecule has 3 N–H and O–H groups in total. The van der Waals surface area contributed by atoms with Crippen molar-refractivity contribution < 1.29 is 19.5 Å². The summed E-state index contributed by atoms with van der Waals surface area (Å²) in [6.07, 6.45) is -0.0685. The topological polar surface area (TPSA) is 95.5 Å². The SMILES string of the molecule is CC(C)NC(=O)C(CCC(=O)O)NC(=O)C(C)C. The van der Waals surface area contributed by atoms with Gasteiger partial charge in [-0.1, -0.05) is 13.8 Å². The van der Waals surface area contributed by atoms with Gasteiger partial charge < -0.3 is 15.7 Å². The fourth-order valence-corrected chi connectivity index (χ4v) is 1.26. The van der Waals surface area contributed by atoms with E-state index in [1.807, 2.05) is 0 Å². The lowest BCUT2D eigenvalue weighted by Crippen LogP contribution is -2.49. The number of amides is 2. The van der Waals surface area contributed by atoms with Gasteiger partial charge in [-0.15, -0.1) is 0 Å². The lowest BCUT2D eigenvalue weighted by molar-refractivity contribution is -0.138. The van der Waals surface area contributed by atoms with Gasteiger partial charge in [-0.2, -0.15) is 0 Å². The molecule has 0 bridgehead atoms. The molecule has 1 unspecified atom stereocenters. The van der Waals surface area contributed by atoms with Gasteiger partial charge in [-0.3, -0.25) is 14.4 Å². The number of nitrogens with one attached hydrogen (secondary N) is 2. The Hall–Kier alpha value is -1.59. The Kier molecular flexibility index (Phi) is 7.00. The second-order valence-electron chi connectivity index (χ2n) is 4.81. The van der Waals surface area contributed by atoms with Gasteiger partial charge in [0.15, 0.2) is 0 Å². The van der Waals surface area contributed by atoms with E-state index in [9.17, 15) is 14.4 Å². The van der Waals surface area contributed by atoms with Gasteiger partial charge in [0.1, 0.15) is 6.04 Å². The van der Waals surface area contributed by atoms with Gasteiger partial charge in [-0.05, 0) is 20.3 Å². The van der Waals surface area contributed by atoms with E-state index in [0.29, 0.717) is 0 Å². The van der Waals surface area contributed by atoms with Crippen LogP contribution in [0.2, 0.25) is 0 Å². The smallest absolute Gasteiger partial charge is 0.303 e. The second kappa shape index (κ2) is 7.68. The highest BCUT2D eigenvalue weighted by molar-refractivity contribution is 5.88. The van der Waals surface area contributed by atoms with Gasteiger partial charge in [0.2, 0.25) is 11.8 Å². The van der Waals surface area contributed by atoms with E-state index < -0.39 is 12.0 Å². The number of hydrogen-bond donors (Lipinski definition) is 3. The van der Waals surface area contributed by atoms with E-state index in [1.54, 1.807) is 27.7 Å². The van der Waals surface area contributed by atoms with Crippen LogP contribution in [0.5, 0.6) is 0 Å². The number of carboxylic acid groups (broad SMARTS) is 1. The minimum atomic E-state index is -0.990. The molecule has 6 nitrogen and oxygen atoms in total. The van der Waals surface area contributed by atoms with Crippen LogP contribution in [0, 0.1) is 5.92 Å². The fourth-order valence-electron chi connectivity index (χ4n) is 1.26. The maximum atomic E-state index is 11.8. The number of carboxylic acids is 1. The zero-order valence-corrected chi connectivity index (χ0v) is 11.3. The van der Waals surface area contributed by atoms with Crippen LogP contribution in [0.25, 0.3) is 0 Å². The third kappa shape index (κ3) is 6.88. The molecule has 0 saturated heterocycles. The van der Waals surface area contributed by atoms with E-state index in [-0.39, 0.29) is 36.6 Å². The quantitative estimate of drug-likeness (QED) is 0.620. The van der Waals surface area contributed by atoms with Crippen LogP contribution in [0.4, 0.5) is 0 Å². The van der Waals surface area contributed by atoms with E-state index >= 15 is 0 Å². The molecule has 6 heteroatoms. The van der Waals surface area contributed by atoms with Crippen molar-refractivity contribution in [1.29, 1.82) is 0 Å². The molecule has 1 atom stereocenters. The molecule has 2 amide bonds. The molecule has 104 valence electrons. The van der Waals surface area contributed by atoms with Crippen molar-refractivity contribution in [3.05, 3.63) is 0 Å². The predicted octanol–water partition coefficient (Wildman–Crippen LogP) is 0.517. The van der Waals surface area contributed by atoms with Crippen LogP contribution in [0.3, 0.4) is 0 Å². The Morgan fingerprint density at radius 2 is 1.56 bits per heavy atom. The van der Waals surface area contributed by atoms with E-state index in [4.69, 9.17) is 5.11 Å². The average molecular weight is 258 g/mol. The van der Waals surface area contributed by atoms with Crippen LogP contribution in [-0.4, -0.2) is 35.0 Å². The average Bonchev–Trinajstić information content (AvgIpc) is 2.21. The van der Waals surface area contributed by atoms with Gasteiger partial charge in [0.05, 0.1) is 0 Å². The van der Waals surface area contributed by atoms with Crippen molar-refractivity contribution in [2.45, 2.75) is 52.6 Å². The first-order valence-electron chi connectivity index (χ1n) is 6.06. The second-order valence-corrected chi connectivity index (χ2v) is 4.81. The standard InChI is InChI=1S/C12H22N2O4/c1-7(2)11(17)14-9(5-6-10(15)16)12(18)13-8(3)4/h7-9H,5-6H2,1-4H3,(H,13,18)(H,14,17)(H,15,16). The Balaban J connectivity index is 4.55. The molecule has 0 heterocycles. The van der Waals surface area contributed by atoms with E-state index in [0.717, 1.165) is 0 Å². The zero-order valence-electron chi connectivity index (χ0n) is 11.3. The molecule has 0 rings (SSSR count). The van der Waals surface area contributed by atoms with Crippen molar-refractivity contribution in [2.75, 3.05) is 0 Å². The molecule has 0 aliphatic heterocycles. The van der Waals surface area contributed by atoms with Gasteiger partial charge in [0, 0.05) is 18.4 Å². The number of carbonyl (C=O) groups is 3. The Morgan fingerprint density at radius 3 is 1.94 bits per heavy atom. The first kappa shape index (κ1) is 16.4. The minimum absolute atomic E-state index is 0.0548. The number of hydrogen-bond acceptors (Lipinski definition) is 3. The highest BCUT2D eigenvalue weighted by Gasteiger charge is 2.23. The first-order valence-corrected chi connectivity index (χ1v) is 6.06. The lowest BCUT2D eigenvalue weighted by Gasteiger charge is -2.20. The fraction of sp³-hybridized carbons (Fsp3) is 0.750. The molecule has 0 aliphatic rings. The van der Waals surface area contributed by atoms with Crippen LogP contribution in [0.1, 0.15) is 40.5 Å². The molecule has 0 fully saturated rings. The van der Waals surface area contributed by atoms with Crippen LogP contribution in [0.15, 0.2) is 0 Å². The Labute approximate surface area is 107 Å². The van der Waals surface area contributed by atoms with Crippen molar-refractivity contribution in [1.82, 2.24) is 10.6 Å². The third-order valence-electron chi connectivity index (χ3n) is 2.24. The zero-order chi connectivity index (χ0) is 14.3. The Morgan fingerprint density at radius 1 is 1.00 bits per heavy atom. The molecule has 0 spiro atoms. The van der Waals surface area contributed by atoms with Crippen LogP contribution in [-0.2, 0) is 14.4 Å². The summed E-state index contributed by atoms with van der Waals surface area (Å²) < 4.78 is 0. The van der Waals surface area contributed by atoms with Crippen molar-refractivity contribution in [3.8, 4) is 0 Å². The van der Waals surface area contributed by atoms with Crippen molar-refractivity contribution in [3.63, 3.8) is 0 Å². The molecule has 0 radical (unpaired) electrons. The molecule has 0 aliphatic carbocycles. The monoisotopic (exact) mass is 258 g/mol. The van der Waals surface area contributed by atoms with Crippen molar-refractivity contribution >= 4 is 17.8 Å². The molecule has 0 aromatic carbocycles. The maximum absolute atomic E-state index is 11.8. The van der Waals surface area contributed by atoms with E-state index in [2.05, 4.69) is 10.6 Å². The summed E-state index contributed by atoms with van der Waals surface area (Å²) in [5.41, 5.74) is 0. The molecular formula is C12H22N2O4. The van der Waals surface area contributed by atoms with Crippen LogP contribution >= 0.6 is 0 Å². The molecule has 18 heavy (non-hydrogen) atoms. The summed E-state index contributed by atoms with van der Waals surface area (Å²) >= 11 is 0. The van der Waals surface area contributed by atoms with Crippen molar-refractivity contribution in [2.24, 2.45) is 5.92 Å². The lowest BCUT2D eigenvalue weighted by atomic mass is 10.1.